The summed E-state index contributed by atoms with van der Waals surface area (Å²) in [6.45, 7) is 0. The number of nitrogens with two attached hydrogens (primary N) is 1. The van der Waals surface area contributed by atoms with Crippen LogP contribution in [0.15, 0.2) is 56.7 Å². The molecule has 0 aliphatic heterocycles. The Morgan fingerprint density at radius 1 is 1.16 bits per heavy atom. The minimum absolute atomic E-state index is 0.0295. The maximum absolute atomic E-state index is 13.3. The van der Waals surface area contributed by atoms with Crippen LogP contribution < -0.4 is 16.6 Å². The largest absolute Gasteiger partial charge is 0.510 e. The molecule has 2 amide bonds. The first-order valence-electron chi connectivity index (χ1n) is 14.3. The molecule has 2 aromatic heterocycles. The Labute approximate surface area is 283 Å². The number of nitro groups is 2. The van der Waals surface area contributed by atoms with Gasteiger partial charge in [-0.1, -0.05) is 0 Å². The Bertz CT molecular complexity index is 2030. The molecule has 262 valence electrons. The van der Waals surface area contributed by atoms with Gasteiger partial charge in [-0.2, -0.15) is 0 Å². The van der Waals surface area contributed by atoms with Crippen molar-refractivity contribution in [3.8, 4) is 17.2 Å². The first-order chi connectivity index (χ1) is 23.5. The highest BCUT2D eigenvalue weighted by molar-refractivity contribution is 7.14. The zero-order valence-corrected chi connectivity index (χ0v) is 26.7. The molecule has 1 aromatic carbocycles. The van der Waals surface area contributed by atoms with Gasteiger partial charge in [-0.05, 0) is 45.0 Å². The average molecular weight is 714 g/mol. The SMILES string of the molecule is CN(C)[C@@H]1C(O)=C(C(N)=O)C(=O)[C@@]2(O)C(O)=C3C(=O)c4c(O)ccc([N+](=O)[O-])c4C[C@H]3C[C@@H]12.O=CNNc1nc(-c2ccc([N+](=O)[O-])o2)cs1. The first kappa shape index (κ1) is 35.1. The summed E-state index contributed by atoms with van der Waals surface area (Å²) in [5.41, 5.74) is 5.63. The van der Waals surface area contributed by atoms with Crippen LogP contribution in [0.25, 0.3) is 11.5 Å². The van der Waals surface area contributed by atoms with Gasteiger partial charge < -0.3 is 30.6 Å². The lowest BCUT2D eigenvalue weighted by Crippen LogP contribution is -2.63. The highest BCUT2D eigenvalue weighted by atomic mass is 32.1. The Kier molecular flexibility index (Phi) is 9.15. The van der Waals surface area contributed by atoms with Gasteiger partial charge in [0.15, 0.2) is 17.1 Å². The molecule has 3 aromatic rings. The molecule has 2 heterocycles. The lowest BCUT2D eigenvalue weighted by atomic mass is 9.58. The van der Waals surface area contributed by atoms with Gasteiger partial charge in [-0.3, -0.25) is 55.2 Å². The molecule has 4 atom stereocenters. The predicted molar refractivity (Wildman–Crippen MR) is 170 cm³/mol. The van der Waals surface area contributed by atoms with Gasteiger partial charge in [0.2, 0.25) is 17.3 Å². The number of hydrogen-bond donors (Lipinski definition) is 7. The van der Waals surface area contributed by atoms with Gasteiger partial charge in [0.25, 0.3) is 11.6 Å². The van der Waals surface area contributed by atoms with Crippen LogP contribution in [0.2, 0.25) is 0 Å². The number of ketones is 2. The number of nitrogens with zero attached hydrogens (tertiary/aromatic N) is 4. The van der Waals surface area contributed by atoms with Crippen molar-refractivity contribution >= 4 is 51.9 Å². The van der Waals surface area contributed by atoms with E-state index < -0.39 is 84.9 Å². The lowest BCUT2D eigenvalue weighted by Gasteiger charge is -2.50. The van der Waals surface area contributed by atoms with Crippen molar-refractivity contribution in [1.29, 1.82) is 0 Å². The van der Waals surface area contributed by atoms with Crippen LogP contribution >= 0.6 is 11.3 Å². The van der Waals surface area contributed by atoms with Gasteiger partial charge in [0, 0.05) is 28.5 Å². The molecule has 3 aliphatic carbocycles. The molecule has 0 saturated carbocycles. The van der Waals surface area contributed by atoms with Crippen LogP contribution in [0.3, 0.4) is 0 Å². The summed E-state index contributed by atoms with van der Waals surface area (Å²) in [5.74, 6) is -7.99. The van der Waals surface area contributed by atoms with Crippen LogP contribution in [0.1, 0.15) is 22.3 Å². The van der Waals surface area contributed by atoms with E-state index in [1.165, 1.54) is 42.5 Å². The number of primary amides is 1. The molecule has 20 nitrogen and oxygen atoms in total. The number of rotatable bonds is 8. The third-order valence-electron chi connectivity index (χ3n) is 8.54. The number of benzene rings is 1. The van der Waals surface area contributed by atoms with E-state index in [4.69, 9.17) is 10.2 Å². The van der Waals surface area contributed by atoms with E-state index in [2.05, 4.69) is 15.8 Å². The number of phenols is 1. The number of amides is 2. The number of hydrazine groups is 1. The normalized spacial score (nSPS) is 22.5. The number of aromatic nitrogens is 1. The molecule has 3 aliphatic rings. The van der Waals surface area contributed by atoms with Crippen molar-refractivity contribution in [2.75, 3.05) is 19.5 Å². The number of nitrogens with one attached hydrogen (secondary N) is 2. The number of aliphatic hydroxyl groups excluding tert-OH is 2. The minimum Gasteiger partial charge on any atom is -0.510 e. The molecule has 0 fully saturated rings. The standard InChI is InChI=1S/C21H21N3O9.C8H6N4O4S/c1-23(2)15-9-6-7-5-8-10(24(32)33)3-4-11(25)13(8)16(26)12(7)18(28)21(9,31)19(29)14(17(15)27)20(22)30;13-4-9-11-8-10-5(3-17-8)6-1-2-7(16-6)12(14)15/h3-4,7,9,15,25,27-28,31H,5-6H2,1-2H3,(H2,22,30);1-4H,(H,9,13)(H,10,11)/t7-,9-,15-,21-;/m0./s1. The molecule has 0 radical (unpaired) electrons. The van der Waals surface area contributed by atoms with Gasteiger partial charge >= 0.3 is 5.88 Å². The maximum atomic E-state index is 13.3. The second-order valence-electron chi connectivity index (χ2n) is 11.5. The van der Waals surface area contributed by atoms with E-state index in [1.54, 1.807) is 5.38 Å². The van der Waals surface area contributed by atoms with Crippen LogP contribution in [-0.4, -0.2) is 89.8 Å². The average Bonchev–Trinajstić information content (AvgIpc) is 3.72. The second kappa shape index (κ2) is 13.0. The fraction of sp³-hybridized carbons (Fsp3) is 0.276. The van der Waals surface area contributed by atoms with E-state index in [-0.39, 0.29) is 29.9 Å². The Morgan fingerprint density at radius 3 is 2.44 bits per heavy atom. The number of thiazole rings is 1. The number of carbonyl (C=O) groups is 4. The fourth-order valence-electron chi connectivity index (χ4n) is 6.50. The van der Waals surface area contributed by atoms with E-state index >= 15 is 0 Å². The van der Waals surface area contributed by atoms with Gasteiger partial charge in [-0.15, -0.1) is 11.3 Å². The van der Waals surface area contributed by atoms with Crippen LogP contribution in [-0.2, 0) is 20.8 Å². The highest BCUT2D eigenvalue weighted by Gasteiger charge is 2.63. The number of furan rings is 1. The number of anilines is 1. The highest BCUT2D eigenvalue weighted by Crippen LogP contribution is 2.53. The number of likely N-dealkylation sites (N-methyl/N-ethyl adjacent to an activating group) is 1. The summed E-state index contributed by atoms with van der Waals surface area (Å²) in [6, 6.07) is 3.63. The van der Waals surface area contributed by atoms with Crippen molar-refractivity contribution in [2.24, 2.45) is 17.6 Å². The smallest absolute Gasteiger partial charge is 0.433 e. The maximum Gasteiger partial charge on any atom is 0.433 e. The molecule has 6 rings (SSSR count). The number of aromatic hydroxyl groups is 1. The number of carbonyl (C=O) groups excluding carboxylic acids is 4. The van der Waals surface area contributed by atoms with Gasteiger partial charge in [-0.25, -0.2) is 4.98 Å². The molecular weight excluding hydrogens is 686 g/mol. The molecule has 8 N–H and O–H groups in total. The van der Waals surface area contributed by atoms with Gasteiger partial charge in [0.1, 0.15) is 33.5 Å². The summed E-state index contributed by atoms with van der Waals surface area (Å²) in [4.78, 5) is 74.5. The number of nitro benzene ring substituents is 1. The van der Waals surface area contributed by atoms with Crippen LogP contribution in [0, 0.1) is 32.1 Å². The van der Waals surface area contributed by atoms with Crippen molar-refractivity contribution in [1.82, 2.24) is 15.3 Å². The monoisotopic (exact) mass is 713 g/mol. The summed E-state index contributed by atoms with van der Waals surface area (Å²) in [5, 5.41) is 67.4. The molecule has 50 heavy (non-hydrogen) atoms. The lowest BCUT2D eigenvalue weighted by molar-refractivity contribution is -0.401. The van der Waals surface area contributed by atoms with E-state index in [1.807, 2.05) is 0 Å². The Balaban J connectivity index is 0.000000240. The number of hydrogen-bond acceptors (Lipinski definition) is 17. The number of Topliss-reactive ketones (excluding diaryl/α,β-unsaturated/α-hetero) is 2. The van der Waals surface area contributed by atoms with Gasteiger partial charge in [0.05, 0.1) is 22.6 Å². The number of phenolic OH excluding ortho intramolecular Hbond substituents is 1. The number of fused-ring (bicyclic) bond motifs is 3. The quantitative estimate of drug-likeness (QED) is 0.0751. The summed E-state index contributed by atoms with van der Waals surface area (Å²) < 4.78 is 4.98. The number of allylic oxidation sites excluding steroid dienone is 1. The molecule has 0 saturated heterocycles. The topological polar surface area (TPSA) is 315 Å². The predicted octanol–water partition coefficient (Wildman–Crippen LogP) is 1.41. The first-order valence-corrected chi connectivity index (χ1v) is 15.2. The van der Waals surface area contributed by atoms with Crippen molar-refractivity contribution in [2.45, 2.75) is 24.5 Å². The van der Waals surface area contributed by atoms with E-state index in [0.29, 0.717) is 23.0 Å². The molecular formula is C29H27N7O13S. The van der Waals surface area contributed by atoms with Crippen molar-refractivity contribution in [3.63, 3.8) is 0 Å². The molecule has 0 bridgehead atoms. The Morgan fingerprint density at radius 2 is 1.86 bits per heavy atom. The zero-order chi connectivity index (χ0) is 36.8. The molecule has 0 spiro atoms. The van der Waals surface area contributed by atoms with Crippen molar-refractivity contribution in [3.05, 3.63) is 83.7 Å². The number of aliphatic hydroxyl groups is 3. The minimum atomic E-state index is -2.75. The van der Waals surface area contributed by atoms with E-state index in [9.17, 15) is 59.8 Å². The summed E-state index contributed by atoms with van der Waals surface area (Å²) in [6.07, 6.45) is 0.191. The van der Waals surface area contributed by atoms with E-state index in [0.717, 1.165) is 12.1 Å². The summed E-state index contributed by atoms with van der Waals surface area (Å²) >= 11 is 1.23. The Hall–Kier alpha value is -6.19. The fourth-order valence-corrected chi connectivity index (χ4v) is 7.17. The van der Waals surface area contributed by atoms with Crippen LogP contribution in [0.4, 0.5) is 16.7 Å². The third-order valence-corrected chi connectivity index (χ3v) is 9.30. The second-order valence-corrected chi connectivity index (χ2v) is 12.4. The molecule has 21 heteroatoms. The van der Waals surface area contributed by atoms with Crippen molar-refractivity contribution < 1.29 is 53.9 Å². The third kappa shape index (κ3) is 5.67. The molecule has 0 unspecified atom stereocenters. The summed E-state index contributed by atoms with van der Waals surface area (Å²) in [7, 11) is 3.02. The zero-order valence-electron chi connectivity index (χ0n) is 25.8. The van der Waals surface area contributed by atoms with Crippen LogP contribution in [0.5, 0.6) is 5.75 Å².